The minimum Gasteiger partial charge on any atom is -0.313 e. The lowest BCUT2D eigenvalue weighted by Gasteiger charge is -2.14. The standard InChI is InChI=1S/C14H20F2N2O2S/c1-2-17-9-10-7-12(15)14(16)13(8-10)21(19,20)18-11-5-3-4-6-11/h7-8,11,17-18H,2-6,9H2,1H3. The van der Waals surface area contributed by atoms with Gasteiger partial charge in [0.1, 0.15) is 4.90 Å². The predicted octanol–water partition coefficient (Wildman–Crippen LogP) is 2.30. The minimum absolute atomic E-state index is 0.185. The average molecular weight is 318 g/mol. The van der Waals surface area contributed by atoms with Crippen molar-refractivity contribution in [2.24, 2.45) is 0 Å². The summed E-state index contributed by atoms with van der Waals surface area (Å²) in [6.45, 7) is 2.82. The molecule has 1 aromatic carbocycles. The molecule has 1 aliphatic carbocycles. The zero-order valence-electron chi connectivity index (χ0n) is 12.0. The van der Waals surface area contributed by atoms with E-state index in [4.69, 9.17) is 0 Å². The smallest absolute Gasteiger partial charge is 0.243 e. The van der Waals surface area contributed by atoms with Gasteiger partial charge in [0, 0.05) is 12.6 Å². The van der Waals surface area contributed by atoms with E-state index in [-0.39, 0.29) is 6.04 Å². The normalized spacial score (nSPS) is 16.5. The summed E-state index contributed by atoms with van der Waals surface area (Å²) in [4.78, 5) is -0.609. The molecule has 118 valence electrons. The first-order valence-electron chi connectivity index (χ1n) is 7.15. The van der Waals surface area contributed by atoms with Gasteiger partial charge in [0.2, 0.25) is 10.0 Å². The zero-order chi connectivity index (χ0) is 15.5. The molecule has 0 radical (unpaired) electrons. The lowest BCUT2D eigenvalue weighted by atomic mass is 10.2. The molecule has 0 aliphatic heterocycles. The van der Waals surface area contributed by atoms with Crippen molar-refractivity contribution in [3.05, 3.63) is 29.3 Å². The van der Waals surface area contributed by atoms with E-state index in [9.17, 15) is 17.2 Å². The van der Waals surface area contributed by atoms with Crippen LogP contribution >= 0.6 is 0 Å². The molecule has 21 heavy (non-hydrogen) atoms. The maximum absolute atomic E-state index is 13.9. The highest BCUT2D eigenvalue weighted by Crippen LogP contribution is 2.23. The van der Waals surface area contributed by atoms with E-state index < -0.39 is 26.6 Å². The van der Waals surface area contributed by atoms with Gasteiger partial charge >= 0.3 is 0 Å². The molecule has 0 saturated heterocycles. The van der Waals surface area contributed by atoms with Crippen molar-refractivity contribution in [3.63, 3.8) is 0 Å². The van der Waals surface area contributed by atoms with Crippen LogP contribution in [0.2, 0.25) is 0 Å². The van der Waals surface area contributed by atoms with Crippen LogP contribution in [0.1, 0.15) is 38.2 Å². The second-order valence-corrected chi connectivity index (χ2v) is 6.96. The molecule has 0 heterocycles. The topological polar surface area (TPSA) is 58.2 Å². The maximum atomic E-state index is 13.9. The summed E-state index contributed by atoms with van der Waals surface area (Å²) in [6, 6.07) is 2.03. The molecule has 0 unspecified atom stereocenters. The van der Waals surface area contributed by atoms with Gasteiger partial charge in [0.05, 0.1) is 0 Å². The second kappa shape index (κ2) is 6.81. The Morgan fingerprint density at radius 1 is 1.24 bits per heavy atom. The van der Waals surface area contributed by atoms with E-state index in [1.807, 2.05) is 6.92 Å². The quantitative estimate of drug-likeness (QED) is 0.846. The maximum Gasteiger partial charge on any atom is 0.243 e. The Hall–Kier alpha value is -1.05. The zero-order valence-corrected chi connectivity index (χ0v) is 12.8. The summed E-state index contributed by atoms with van der Waals surface area (Å²) in [7, 11) is -4.04. The van der Waals surface area contributed by atoms with Gasteiger partial charge in [0.25, 0.3) is 0 Å². The average Bonchev–Trinajstić information content (AvgIpc) is 2.91. The molecule has 7 heteroatoms. The van der Waals surface area contributed by atoms with Gasteiger partial charge < -0.3 is 5.32 Å². The fourth-order valence-corrected chi connectivity index (χ4v) is 3.95. The lowest BCUT2D eigenvalue weighted by molar-refractivity contribution is 0.478. The first-order chi connectivity index (χ1) is 9.94. The van der Waals surface area contributed by atoms with E-state index >= 15 is 0 Å². The molecule has 0 atom stereocenters. The van der Waals surface area contributed by atoms with Crippen LogP contribution < -0.4 is 10.0 Å². The van der Waals surface area contributed by atoms with Gasteiger partial charge in [0.15, 0.2) is 11.6 Å². The highest BCUT2D eigenvalue weighted by molar-refractivity contribution is 7.89. The lowest BCUT2D eigenvalue weighted by Crippen LogP contribution is -2.33. The van der Waals surface area contributed by atoms with Gasteiger partial charge in [-0.25, -0.2) is 21.9 Å². The Kier molecular flexibility index (Phi) is 5.29. The summed E-state index contributed by atoms with van der Waals surface area (Å²) >= 11 is 0. The van der Waals surface area contributed by atoms with Crippen LogP contribution in [-0.2, 0) is 16.6 Å². The third kappa shape index (κ3) is 3.99. The van der Waals surface area contributed by atoms with E-state index in [1.165, 1.54) is 6.07 Å². The van der Waals surface area contributed by atoms with Gasteiger partial charge in [-0.3, -0.25) is 0 Å². The van der Waals surface area contributed by atoms with Crippen LogP contribution in [-0.4, -0.2) is 21.0 Å². The second-order valence-electron chi connectivity index (χ2n) is 5.27. The van der Waals surface area contributed by atoms with E-state index in [0.29, 0.717) is 18.7 Å². The van der Waals surface area contributed by atoms with Crippen LogP contribution in [0.5, 0.6) is 0 Å². The van der Waals surface area contributed by atoms with Gasteiger partial charge in [-0.2, -0.15) is 0 Å². The first-order valence-corrected chi connectivity index (χ1v) is 8.63. The highest BCUT2D eigenvalue weighted by atomic mass is 32.2. The number of rotatable bonds is 6. The molecule has 0 aromatic heterocycles. The molecular weight excluding hydrogens is 298 g/mol. The Morgan fingerprint density at radius 3 is 2.52 bits per heavy atom. The molecular formula is C14H20F2N2O2S. The highest BCUT2D eigenvalue weighted by Gasteiger charge is 2.27. The Bertz CT molecular complexity index is 599. The molecule has 0 bridgehead atoms. The van der Waals surface area contributed by atoms with Crippen molar-refractivity contribution >= 4 is 10.0 Å². The fourth-order valence-electron chi connectivity index (χ4n) is 2.51. The molecule has 1 aromatic rings. The van der Waals surface area contributed by atoms with Crippen molar-refractivity contribution in [2.75, 3.05) is 6.54 Å². The molecule has 1 fully saturated rings. The fraction of sp³-hybridized carbons (Fsp3) is 0.571. The Morgan fingerprint density at radius 2 is 1.90 bits per heavy atom. The molecule has 2 N–H and O–H groups in total. The summed E-state index contributed by atoms with van der Waals surface area (Å²) in [5, 5.41) is 2.96. The van der Waals surface area contributed by atoms with Crippen LogP contribution in [0, 0.1) is 11.6 Å². The molecule has 1 aliphatic rings. The molecule has 0 amide bonds. The third-order valence-corrected chi connectivity index (χ3v) is 5.12. The molecule has 4 nitrogen and oxygen atoms in total. The predicted molar refractivity (Wildman–Crippen MR) is 76.3 cm³/mol. The van der Waals surface area contributed by atoms with Crippen LogP contribution in [0.3, 0.4) is 0 Å². The SMILES string of the molecule is CCNCc1cc(F)c(F)c(S(=O)(=O)NC2CCCC2)c1. The van der Waals surface area contributed by atoms with Crippen molar-refractivity contribution < 1.29 is 17.2 Å². The summed E-state index contributed by atoms with van der Waals surface area (Å²) in [6.07, 6.45) is 3.37. The van der Waals surface area contributed by atoms with Crippen LogP contribution in [0.25, 0.3) is 0 Å². The van der Waals surface area contributed by atoms with E-state index in [0.717, 1.165) is 31.7 Å². The first kappa shape index (κ1) is 16.3. The molecule has 1 saturated carbocycles. The number of nitrogens with one attached hydrogen (secondary N) is 2. The number of sulfonamides is 1. The monoisotopic (exact) mass is 318 g/mol. The van der Waals surface area contributed by atoms with Crippen molar-refractivity contribution in [1.29, 1.82) is 0 Å². The number of hydrogen-bond donors (Lipinski definition) is 2. The minimum atomic E-state index is -4.04. The summed E-state index contributed by atoms with van der Waals surface area (Å²) in [5.41, 5.74) is 0.405. The van der Waals surface area contributed by atoms with Crippen molar-refractivity contribution in [1.82, 2.24) is 10.0 Å². The number of hydrogen-bond acceptors (Lipinski definition) is 3. The Labute approximate surface area is 124 Å². The molecule has 2 rings (SSSR count). The Balaban J connectivity index is 2.29. The van der Waals surface area contributed by atoms with E-state index in [1.54, 1.807) is 0 Å². The van der Waals surface area contributed by atoms with Gasteiger partial charge in [-0.05, 0) is 37.1 Å². The third-order valence-electron chi connectivity index (χ3n) is 3.60. The largest absolute Gasteiger partial charge is 0.313 e. The van der Waals surface area contributed by atoms with Gasteiger partial charge in [-0.15, -0.1) is 0 Å². The van der Waals surface area contributed by atoms with E-state index in [2.05, 4.69) is 10.0 Å². The number of halogens is 2. The number of benzene rings is 1. The van der Waals surface area contributed by atoms with Crippen molar-refractivity contribution in [3.8, 4) is 0 Å². The van der Waals surface area contributed by atoms with Crippen LogP contribution in [0.15, 0.2) is 17.0 Å². The summed E-state index contributed by atoms with van der Waals surface area (Å²) in [5.74, 6) is -2.46. The van der Waals surface area contributed by atoms with Gasteiger partial charge in [-0.1, -0.05) is 19.8 Å². The van der Waals surface area contributed by atoms with Crippen molar-refractivity contribution in [2.45, 2.75) is 50.1 Å². The van der Waals surface area contributed by atoms with Crippen LogP contribution in [0.4, 0.5) is 8.78 Å². The molecule has 0 spiro atoms. The summed E-state index contributed by atoms with van der Waals surface area (Å²) < 4.78 is 54.4.